The molecule has 0 aliphatic rings. The number of hydrogen-bond acceptors (Lipinski definition) is 2. The number of allylic oxidation sites excluding steroid dienone is 1. The first-order valence-corrected chi connectivity index (χ1v) is 7.76. The fourth-order valence-corrected chi connectivity index (χ4v) is 2.25. The molecule has 20 heavy (non-hydrogen) atoms. The quantitative estimate of drug-likeness (QED) is 0.507. The second-order valence-electron chi connectivity index (χ2n) is 5.42. The van der Waals surface area contributed by atoms with Crippen molar-refractivity contribution in [3.8, 4) is 5.75 Å². The van der Waals surface area contributed by atoms with Crippen LogP contribution in [0.5, 0.6) is 5.75 Å². The number of rotatable bonds is 10. The molecule has 0 spiro atoms. The van der Waals surface area contributed by atoms with E-state index in [2.05, 4.69) is 38.6 Å². The van der Waals surface area contributed by atoms with Gasteiger partial charge in [-0.15, -0.1) is 6.58 Å². The predicted molar refractivity (Wildman–Crippen MR) is 87.3 cm³/mol. The summed E-state index contributed by atoms with van der Waals surface area (Å²) in [6, 6.07) is 6.54. The Hall–Kier alpha value is -1.28. The molecule has 112 valence electrons. The average Bonchev–Trinajstić information content (AvgIpc) is 2.45. The summed E-state index contributed by atoms with van der Waals surface area (Å²) in [7, 11) is 0. The summed E-state index contributed by atoms with van der Waals surface area (Å²) in [5.41, 5.74) is 8.52. The molecule has 1 unspecified atom stereocenters. The minimum Gasteiger partial charge on any atom is -0.493 e. The van der Waals surface area contributed by atoms with Crippen molar-refractivity contribution < 1.29 is 4.74 Å². The van der Waals surface area contributed by atoms with Crippen LogP contribution >= 0.6 is 0 Å². The number of nitrogens with two attached hydrogens (primary N) is 1. The Morgan fingerprint density at radius 2 is 2.10 bits per heavy atom. The monoisotopic (exact) mass is 275 g/mol. The second-order valence-corrected chi connectivity index (χ2v) is 5.42. The van der Waals surface area contributed by atoms with Crippen molar-refractivity contribution in [1.82, 2.24) is 0 Å². The molecule has 0 saturated heterocycles. The molecular weight excluding hydrogens is 246 g/mol. The molecule has 2 nitrogen and oxygen atoms in total. The summed E-state index contributed by atoms with van der Waals surface area (Å²) in [4.78, 5) is 0. The van der Waals surface area contributed by atoms with E-state index >= 15 is 0 Å². The highest BCUT2D eigenvalue weighted by Gasteiger charge is 2.10. The number of hydrogen-bond donors (Lipinski definition) is 1. The van der Waals surface area contributed by atoms with Crippen LogP contribution < -0.4 is 10.5 Å². The number of aryl methyl sites for hydroxylation is 1. The third-order valence-electron chi connectivity index (χ3n) is 3.60. The fraction of sp³-hybridized carbons (Fsp3) is 0.556. The highest BCUT2D eigenvalue weighted by molar-refractivity contribution is 5.41. The maximum atomic E-state index is 6.07. The molecule has 1 aromatic rings. The summed E-state index contributed by atoms with van der Waals surface area (Å²) in [6.45, 7) is 8.76. The van der Waals surface area contributed by atoms with Gasteiger partial charge in [0.1, 0.15) is 5.75 Å². The van der Waals surface area contributed by atoms with Crippen molar-refractivity contribution in [3.63, 3.8) is 0 Å². The molecule has 0 aliphatic carbocycles. The molecule has 0 radical (unpaired) electrons. The Labute approximate surface area is 124 Å². The summed E-state index contributed by atoms with van der Waals surface area (Å²) < 4.78 is 6.01. The first kappa shape index (κ1) is 16.8. The lowest BCUT2D eigenvalue weighted by atomic mass is 10.0. The van der Waals surface area contributed by atoms with Crippen LogP contribution in [0.25, 0.3) is 0 Å². The van der Waals surface area contributed by atoms with Gasteiger partial charge in [-0.05, 0) is 56.6 Å². The van der Waals surface area contributed by atoms with Gasteiger partial charge in [-0.25, -0.2) is 0 Å². The van der Waals surface area contributed by atoms with E-state index in [-0.39, 0.29) is 6.04 Å². The molecule has 0 aliphatic heterocycles. The molecule has 0 fully saturated rings. The highest BCUT2D eigenvalue weighted by Crippen LogP contribution is 2.25. The van der Waals surface area contributed by atoms with E-state index in [1.165, 1.54) is 24.0 Å². The summed E-state index contributed by atoms with van der Waals surface area (Å²) in [6.07, 6.45) is 8.46. The molecule has 2 N–H and O–H groups in total. The fourth-order valence-electron chi connectivity index (χ4n) is 2.25. The molecule has 1 rings (SSSR count). The number of unbranched alkanes of at least 4 members (excludes halogenated alkanes) is 3. The van der Waals surface area contributed by atoms with Gasteiger partial charge in [-0.3, -0.25) is 0 Å². The van der Waals surface area contributed by atoms with E-state index < -0.39 is 0 Å². The van der Waals surface area contributed by atoms with Crippen LogP contribution in [0.2, 0.25) is 0 Å². The van der Waals surface area contributed by atoms with Crippen LogP contribution in [-0.2, 0) is 6.42 Å². The van der Waals surface area contributed by atoms with Gasteiger partial charge < -0.3 is 10.5 Å². The molecule has 0 saturated carbocycles. The molecule has 1 atom stereocenters. The first-order valence-electron chi connectivity index (χ1n) is 7.76. The van der Waals surface area contributed by atoms with Crippen molar-refractivity contribution in [1.29, 1.82) is 0 Å². The van der Waals surface area contributed by atoms with Gasteiger partial charge in [0.05, 0.1) is 6.61 Å². The zero-order chi connectivity index (χ0) is 14.8. The second kappa shape index (κ2) is 9.60. The van der Waals surface area contributed by atoms with Gasteiger partial charge in [-0.2, -0.15) is 0 Å². The Balaban J connectivity index is 2.52. The lowest BCUT2D eigenvalue weighted by Crippen LogP contribution is -2.22. The Kier molecular flexibility index (Phi) is 8.05. The molecular formula is C18H29NO. The Morgan fingerprint density at radius 1 is 1.30 bits per heavy atom. The number of para-hydroxylation sites is 1. The minimum atomic E-state index is 0.215. The number of benzene rings is 1. The van der Waals surface area contributed by atoms with E-state index in [0.717, 1.165) is 38.0 Å². The summed E-state index contributed by atoms with van der Waals surface area (Å²) in [5.74, 6) is 1.04. The van der Waals surface area contributed by atoms with Gasteiger partial charge in [0.2, 0.25) is 0 Å². The Morgan fingerprint density at radius 3 is 2.80 bits per heavy atom. The standard InChI is InChI=1S/C18H29NO/c1-4-6-7-8-9-13-20-18-15(3)11-10-12-16(18)14-17(19)5-2/h4,10-12,17H,1,5-9,13-14,19H2,2-3H3. The largest absolute Gasteiger partial charge is 0.493 e. The highest BCUT2D eigenvalue weighted by atomic mass is 16.5. The van der Waals surface area contributed by atoms with Crippen LogP contribution in [0.4, 0.5) is 0 Å². The minimum absolute atomic E-state index is 0.215. The van der Waals surface area contributed by atoms with Crippen LogP contribution in [0.3, 0.4) is 0 Å². The van der Waals surface area contributed by atoms with E-state index in [0.29, 0.717) is 0 Å². The normalized spacial score (nSPS) is 12.2. The SMILES string of the molecule is C=CCCCCCOc1c(C)cccc1CC(N)CC. The van der Waals surface area contributed by atoms with E-state index in [9.17, 15) is 0 Å². The van der Waals surface area contributed by atoms with Crippen LogP contribution in [-0.4, -0.2) is 12.6 Å². The van der Waals surface area contributed by atoms with E-state index in [1.54, 1.807) is 0 Å². The Bertz CT molecular complexity index is 400. The van der Waals surface area contributed by atoms with Crippen molar-refractivity contribution in [2.45, 2.75) is 58.4 Å². The molecule has 0 heterocycles. The van der Waals surface area contributed by atoms with E-state index in [4.69, 9.17) is 10.5 Å². The first-order chi connectivity index (χ1) is 9.69. The lowest BCUT2D eigenvalue weighted by Gasteiger charge is -2.16. The topological polar surface area (TPSA) is 35.2 Å². The van der Waals surface area contributed by atoms with Gasteiger partial charge in [0.25, 0.3) is 0 Å². The van der Waals surface area contributed by atoms with Crippen molar-refractivity contribution >= 4 is 0 Å². The van der Waals surface area contributed by atoms with Gasteiger partial charge in [0, 0.05) is 6.04 Å². The van der Waals surface area contributed by atoms with Crippen LogP contribution in [0.15, 0.2) is 30.9 Å². The van der Waals surface area contributed by atoms with Crippen LogP contribution in [0.1, 0.15) is 50.2 Å². The molecule has 0 amide bonds. The van der Waals surface area contributed by atoms with Crippen molar-refractivity contribution in [2.75, 3.05) is 6.61 Å². The predicted octanol–water partition coefficient (Wildman–Crippen LogP) is 4.40. The molecule has 2 heteroatoms. The van der Waals surface area contributed by atoms with Gasteiger partial charge >= 0.3 is 0 Å². The third kappa shape index (κ3) is 5.79. The molecule has 0 bridgehead atoms. The van der Waals surface area contributed by atoms with Gasteiger partial charge in [0.15, 0.2) is 0 Å². The maximum Gasteiger partial charge on any atom is 0.125 e. The van der Waals surface area contributed by atoms with Crippen LogP contribution in [0, 0.1) is 6.92 Å². The zero-order valence-electron chi connectivity index (χ0n) is 13.0. The third-order valence-corrected chi connectivity index (χ3v) is 3.60. The van der Waals surface area contributed by atoms with Crippen molar-refractivity contribution in [2.24, 2.45) is 5.73 Å². The molecule has 0 aromatic heterocycles. The summed E-state index contributed by atoms with van der Waals surface area (Å²) in [5, 5.41) is 0. The maximum absolute atomic E-state index is 6.07. The van der Waals surface area contributed by atoms with Gasteiger partial charge in [-0.1, -0.05) is 31.2 Å². The summed E-state index contributed by atoms with van der Waals surface area (Å²) >= 11 is 0. The smallest absolute Gasteiger partial charge is 0.125 e. The van der Waals surface area contributed by atoms with E-state index in [1.807, 2.05) is 6.08 Å². The zero-order valence-corrected chi connectivity index (χ0v) is 13.0. The lowest BCUT2D eigenvalue weighted by molar-refractivity contribution is 0.300. The van der Waals surface area contributed by atoms with Crippen molar-refractivity contribution in [3.05, 3.63) is 42.0 Å². The average molecular weight is 275 g/mol. The number of ether oxygens (including phenoxy) is 1. The molecule has 1 aromatic carbocycles.